The number of benzene rings is 2. The number of thioether (sulfide) groups is 2. The van der Waals surface area contributed by atoms with Crippen molar-refractivity contribution in [3.8, 4) is 0 Å². The predicted molar refractivity (Wildman–Crippen MR) is 122 cm³/mol. The van der Waals surface area contributed by atoms with Crippen LogP contribution in [0.4, 0.5) is 8.78 Å². The van der Waals surface area contributed by atoms with Gasteiger partial charge in [-0.3, -0.25) is 9.59 Å². The number of ketones is 2. The van der Waals surface area contributed by atoms with Gasteiger partial charge in [-0.05, 0) is 43.7 Å². The predicted octanol–water partition coefficient (Wildman–Crippen LogP) is 7.57. The van der Waals surface area contributed by atoms with Crippen molar-refractivity contribution in [2.45, 2.75) is 16.7 Å². The molecule has 2 aromatic carbocycles. The number of hydrogen-bond acceptors (Lipinski definition) is 4. The summed E-state index contributed by atoms with van der Waals surface area (Å²) in [7, 11) is 0. The molecular weight excluding hydrogens is 590 g/mol. The van der Waals surface area contributed by atoms with Crippen LogP contribution in [0.15, 0.2) is 46.2 Å². The molecule has 0 N–H and O–H groups in total. The van der Waals surface area contributed by atoms with E-state index >= 15 is 0 Å². The molecule has 0 aromatic heterocycles. The summed E-state index contributed by atoms with van der Waals surface area (Å²) in [6.45, 7) is 1.42. The minimum Gasteiger partial charge on any atom is -0.295 e. The van der Waals surface area contributed by atoms with Crippen LogP contribution in [-0.4, -0.2) is 29.4 Å². The molecule has 0 radical (unpaired) electrons. The molecular formula is C18H17Br3F2O2S2. The molecule has 0 bridgehead atoms. The number of carbonyl (C=O) groups is 2. The number of alkyl halides is 1. The van der Waals surface area contributed by atoms with E-state index in [4.69, 9.17) is 0 Å². The highest BCUT2D eigenvalue weighted by atomic mass is 80.9. The third-order valence-electron chi connectivity index (χ3n) is 3.15. The molecule has 0 aliphatic carbocycles. The van der Waals surface area contributed by atoms with Crippen LogP contribution in [0.1, 0.15) is 27.6 Å². The third kappa shape index (κ3) is 9.21. The second-order valence-electron chi connectivity index (χ2n) is 4.81. The van der Waals surface area contributed by atoms with Crippen LogP contribution in [0.2, 0.25) is 0 Å². The fourth-order valence-electron chi connectivity index (χ4n) is 1.80. The quantitative estimate of drug-likeness (QED) is 0.200. The molecule has 2 nitrogen and oxygen atoms in total. The number of halogens is 5. The lowest BCUT2D eigenvalue weighted by molar-refractivity contribution is 0.101. The van der Waals surface area contributed by atoms with Gasteiger partial charge in [-0.1, -0.05) is 28.1 Å². The maximum Gasteiger partial charge on any atom is 0.173 e. The minimum atomic E-state index is -0.334. The van der Waals surface area contributed by atoms with E-state index in [1.54, 1.807) is 36.8 Å². The van der Waals surface area contributed by atoms with Gasteiger partial charge in [0.05, 0.1) is 5.33 Å². The van der Waals surface area contributed by atoms with Gasteiger partial charge >= 0.3 is 0 Å². The van der Waals surface area contributed by atoms with E-state index in [0.717, 1.165) is 0 Å². The zero-order valence-corrected chi connectivity index (χ0v) is 21.1. The fourth-order valence-corrected chi connectivity index (χ4v) is 3.04. The first-order valence-corrected chi connectivity index (χ1v) is 14.5. The van der Waals surface area contributed by atoms with Crippen molar-refractivity contribution in [3.63, 3.8) is 0 Å². The Hall–Kier alpha value is -0.220. The monoisotopic (exact) mass is 604 g/mol. The molecule has 148 valence electrons. The highest BCUT2D eigenvalue weighted by Crippen LogP contribution is 2.21. The van der Waals surface area contributed by atoms with Crippen molar-refractivity contribution in [3.05, 3.63) is 59.2 Å². The zero-order valence-electron chi connectivity index (χ0n) is 14.7. The van der Waals surface area contributed by atoms with Gasteiger partial charge in [0, 0.05) is 49.2 Å². The molecule has 0 saturated heterocycles. The molecule has 0 unspecified atom stereocenters. The normalized spacial score (nSPS) is 9.48. The molecule has 2 aromatic rings. The molecule has 27 heavy (non-hydrogen) atoms. The summed E-state index contributed by atoms with van der Waals surface area (Å²) in [4.78, 5) is 23.1. The average Bonchev–Trinajstić information content (AvgIpc) is 2.69. The zero-order chi connectivity index (χ0) is 21.0. The van der Waals surface area contributed by atoms with Crippen LogP contribution >= 0.6 is 67.7 Å². The van der Waals surface area contributed by atoms with Gasteiger partial charge in [0.25, 0.3) is 0 Å². The number of Topliss-reactive ketones (excluding diaryl/α,β-unsaturated/α-hetero) is 2. The van der Waals surface area contributed by atoms with E-state index in [0.29, 0.717) is 20.9 Å². The first kappa shape index (κ1) is 26.8. The lowest BCUT2D eigenvalue weighted by atomic mass is 10.1. The average molecular weight is 607 g/mol. The molecule has 0 spiro atoms. The van der Waals surface area contributed by atoms with Gasteiger partial charge in [-0.25, -0.2) is 8.78 Å². The van der Waals surface area contributed by atoms with Gasteiger partial charge in [0.2, 0.25) is 0 Å². The Kier molecular flexibility index (Phi) is 14.6. The van der Waals surface area contributed by atoms with Crippen LogP contribution < -0.4 is 0 Å². The molecule has 0 amide bonds. The number of hydrogen-bond donors (Lipinski definition) is 0. The first-order chi connectivity index (χ1) is 12.8. The SMILES string of the molecule is BrBr.CSc1ccc(C(=O)CBr)cc1F.CSc1ccc(C(C)=O)cc1F. The van der Waals surface area contributed by atoms with Crippen LogP contribution in [0.3, 0.4) is 0 Å². The molecule has 0 aliphatic rings. The van der Waals surface area contributed by atoms with Crippen LogP contribution in [0.5, 0.6) is 0 Å². The summed E-state index contributed by atoms with van der Waals surface area (Å²) in [5, 5.41) is 0.227. The van der Waals surface area contributed by atoms with Crippen molar-refractivity contribution >= 4 is 79.3 Å². The van der Waals surface area contributed by atoms with Crippen molar-refractivity contribution < 1.29 is 18.4 Å². The summed E-state index contributed by atoms with van der Waals surface area (Å²) in [6.07, 6.45) is 3.59. The Morgan fingerprint density at radius 3 is 1.63 bits per heavy atom. The molecule has 0 aliphatic heterocycles. The molecule has 9 heteroatoms. The Morgan fingerprint density at radius 2 is 1.30 bits per heavy atom. The second kappa shape index (κ2) is 14.7. The van der Waals surface area contributed by atoms with Crippen molar-refractivity contribution in [1.82, 2.24) is 0 Å². The topological polar surface area (TPSA) is 34.1 Å². The summed E-state index contributed by atoms with van der Waals surface area (Å²) >= 11 is 11.2. The highest BCUT2D eigenvalue weighted by Gasteiger charge is 2.07. The molecule has 0 fully saturated rings. The molecule has 0 saturated carbocycles. The van der Waals surface area contributed by atoms with Crippen molar-refractivity contribution in [2.24, 2.45) is 0 Å². The van der Waals surface area contributed by atoms with Crippen LogP contribution in [0.25, 0.3) is 0 Å². The van der Waals surface area contributed by atoms with Gasteiger partial charge < -0.3 is 0 Å². The molecule has 0 atom stereocenters. The Balaban J connectivity index is 0.000000460. The first-order valence-electron chi connectivity index (χ1n) is 7.25. The lowest BCUT2D eigenvalue weighted by Crippen LogP contribution is -2.00. The van der Waals surface area contributed by atoms with Crippen molar-refractivity contribution in [2.75, 3.05) is 17.8 Å². The lowest BCUT2D eigenvalue weighted by Gasteiger charge is -2.01. The van der Waals surface area contributed by atoms with E-state index in [1.807, 2.05) is 0 Å². The van der Waals surface area contributed by atoms with E-state index in [2.05, 4.69) is 44.2 Å². The van der Waals surface area contributed by atoms with Crippen molar-refractivity contribution in [1.29, 1.82) is 0 Å². The summed E-state index contributed by atoms with van der Waals surface area (Å²) in [6, 6.07) is 9.06. The standard InChI is InChI=1S/C9H8BrFOS.C9H9FOS.Br2/c1-13-9-3-2-6(4-7(9)11)8(12)5-10;1-6(11)7-3-4-9(12-2)8(10)5-7;1-2/h2-4H,5H2,1H3;3-5H,1-2H3;. The van der Waals surface area contributed by atoms with E-state index in [-0.39, 0.29) is 28.5 Å². The van der Waals surface area contributed by atoms with Gasteiger partial charge in [-0.15, -0.1) is 23.5 Å². The largest absolute Gasteiger partial charge is 0.295 e. The summed E-state index contributed by atoms with van der Waals surface area (Å²) in [5.74, 6) is -0.873. The number of carbonyl (C=O) groups excluding carboxylic acids is 2. The molecule has 2 rings (SSSR count). The van der Waals surface area contributed by atoms with Crippen LogP contribution in [0, 0.1) is 11.6 Å². The maximum absolute atomic E-state index is 13.2. The van der Waals surface area contributed by atoms with Gasteiger partial charge in [0.1, 0.15) is 11.6 Å². The van der Waals surface area contributed by atoms with Crippen LogP contribution in [-0.2, 0) is 0 Å². The Bertz CT molecular complexity index is 774. The van der Waals surface area contributed by atoms with E-state index < -0.39 is 0 Å². The van der Waals surface area contributed by atoms with E-state index in [1.165, 1.54) is 42.6 Å². The third-order valence-corrected chi connectivity index (χ3v) is 5.20. The Morgan fingerprint density at radius 1 is 0.889 bits per heavy atom. The fraction of sp³-hybridized carbons (Fsp3) is 0.222. The smallest absolute Gasteiger partial charge is 0.173 e. The summed E-state index contributed by atoms with van der Waals surface area (Å²) < 4.78 is 26.2. The van der Waals surface area contributed by atoms with Gasteiger partial charge in [-0.2, -0.15) is 0 Å². The summed E-state index contributed by atoms with van der Waals surface area (Å²) in [5.41, 5.74) is 0.831. The van der Waals surface area contributed by atoms with Gasteiger partial charge in [0.15, 0.2) is 11.6 Å². The minimum absolute atomic E-state index is 0.105. The van der Waals surface area contributed by atoms with E-state index in [9.17, 15) is 18.4 Å². The Labute approximate surface area is 190 Å². The molecule has 0 heterocycles. The highest BCUT2D eigenvalue weighted by molar-refractivity contribution is 9.93. The number of rotatable bonds is 5. The second-order valence-corrected chi connectivity index (χ2v) is 7.07. The maximum atomic E-state index is 13.2.